The molecule has 1 unspecified atom stereocenters. The number of benzene rings is 1. The Balaban J connectivity index is 2.00. The van der Waals surface area contributed by atoms with Gasteiger partial charge in [-0.2, -0.15) is 0 Å². The molecule has 1 saturated heterocycles. The van der Waals surface area contributed by atoms with Crippen molar-refractivity contribution < 1.29 is 18.7 Å². The number of ether oxygens (including phenoxy) is 1. The predicted octanol–water partition coefficient (Wildman–Crippen LogP) is 1.79. The molecule has 5 nitrogen and oxygen atoms in total. The quantitative estimate of drug-likeness (QED) is 0.792. The largest absolute Gasteiger partial charge is 0.497 e. The van der Waals surface area contributed by atoms with Gasteiger partial charge in [-0.05, 0) is 24.1 Å². The number of carbonyl (C=O) groups is 2. The van der Waals surface area contributed by atoms with Crippen molar-refractivity contribution in [2.75, 3.05) is 26.7 Å². The van der Waals surface area contributed by atoms with Gasteiger partial charge in [0.15, 0.2) is 0 Å². The van der Waals surface area contributed by atoms with Crippen molar-refractivity contribution >= 4 is 23.4 Å². The molecule has 1 aromatic rings. The molecule has 0 aliphatic carbocycles. The lowest BCUT2D eigenvalue weighted by molar-refractivity contribution is -0.140. The Bertz CT molecular complexity index is 536. The van der Waals surface area contributed by atoms with Crippen molar-refractivity contribution in [1.82, 2.24) is 9.80 Å². The van der Waals surface area contributed by atoms with Gasteiger partial charge in [0.1, 0.15) is 5.75 Å². The molecule has 2 amide bonds. The molecule has 0 bridgehead atoms. The third-order valence-electron chi connectivity index (χ3n) is 3.57. The fourth-order valence-electron chi connectivity index (χ4n) is 2.36. The van der Waals surface area contributed by atoms with E-state index in [1.54, 1.807) is 12.0 Å². The first-order chi connectivity index (χ1) is 10.5. The Morgan fingerprint density at radius 3 is 2.64 bits per heavy atom. The molecule has 0 aromatic heterocycles. The third kappa shape index (κ3) is 4.10. The summed E-state index contributed by atoms with van der Waals surface area (Å²) in [7, 11) is 1.59. The van der Waals surface area contributed by atoms with Crippen molar-refractivity contribution in [1.29, 1.82) is 0 Å². The molecule has 1 fully saturated rings. The lowest BCUT2D eigenvalue weighted by atomic mass is 10.2. The van der Waals surface area contributed by atoms with Crippen molar-refractivity contribution in [2.45, 2.75) is 18.6 Å². The van der Waals surface area contributed by atoms with E-state index in [0.717, 1.165) is 11.3 Å². The standard InChI is InChI=1S/C15H18ClFN2O3/c1-22-12-5-3-11(4-6-12)9-18-7-2-8-19(10-13(18)20)15(21)14(16)17/h3-6,14H,2,7-10H2,1H3. The summed E-state index contributed by atoms with van der Waals surface area (Å²) in [5.74, 6) is -0.306. The maximum atomic E-state index is 12.9. The number of carbonyl (C=O) groups excluding carboxylic acids is 2. The summed E-state index contributed by atoms with van der Waals surface area (Å²) in [6.07, 6.45) is 0.594. The number of nitrogens with zero attached hydrogens (tertiary/aromatic N) is 2. The van der Waals surface area contributed by atoms with Gasteiger partial charge in [-0.1, -0.05) is 23.7 Å². The van der Waals surface area contributed by atoms with Crippen LogP contribution in [0.3, 0.4) is 0 Å². The molecule has 1 heterocycles. The minimum absolute atomic E-state index is 0.137. The SMILES string of the molecule is COc1ccc(CN2CCCN(C(=O)C(F)Cl)CC2=O)cc1. The van der Waals surface area contributed by atoms with Gasteiger partial charge >= 0.3 is 0 Å². The van der Waals surface area contributed by atoms with Crippen LogP contribution in [0.4, 0.5) is 4.39 Å². The van der Waals surface area contributed by atoms with Gasteiger partial charge in [0, 0.05) is 19.6 Å². The predicted molar refractivity (Wildman–Crippen MR) is 80.4 cm³/mol. The van der Waals surface area contributed by atoms with Crippen LogP contribution in [0.15, 0.2) is 24.3 Å². The summed E-state index contributed by atoms with van der Waals surface area (Å²) < 4.78 is 18.0. The molecular weight excluding hydrogens is 311 g/mol. The van der Waals surface area contributed by atoms with Crippen LogP contribution in [0, 0.1) is 0 Å². The van der Waals surface area contributed by atoms with Crippen LogP contribution in [0.25, 0.3) is 0 Å². The van der Waals surface area contributed by atoms with Crippen LogP contribution in [0.1, 0.15) is 12.0 Å². The average Bonchev–Trinajstić information content (AvgIpc) is 2.69. The van der Waals surface area contributed by atoms with Crippen LogP contribution < -0.4 is 4.74 Å². The molecule has 1 aliphatic heterocycles. The highest BCUT2D eigenvalue weighted by Gasteiger charge is 2.28. The zero-order valence-corrected chi connectivity index (χ0v) is 13.1. The maximum Gasteiger partial charge on any atom is 0.273 e. The minimum atomic E-state index is -2.10. The van der Waals surface area contributed by atoms with E-state index in [1.807, 2.05) is 24.3 Å². The Labute approximate surface area is 133 Å². The molecule has 120 valence electrons. The first kappa shape index (κ1) is 16.5. The Kier molecular flexibility index (Phi) is 5.60. The van der Waals surface area contributed by atoms with Gasteiger partial charge in [0.2, 0.25) is 5.91 Å². The van der Waals surface area contributed by atoms with E-state index in [2.05, 4.69) is 0 Å². The zero-order chi connectivity index (χ0) is 16.1. The third-order valence-corrected chi connectivity index (χ3v) is 3.75. The smallest absolute Gasteiger partial charge is 0.273 e. The molecule has 22 heavy (non-hydrogen) atoms. The summed E-state index contributed by atoms with van der Waals surface area (Å²) in [4.78, 5) is 26.6. The van der Waals surface area contributed by atoms with E-state index in [1.165, 1.54) is 4.90 Å². The monoisotopic (exact) mass is 328 g/mol. The van der Waals surface area contributed by atoms with Crippen molar-refractivity contribution in [2.24, 2.45) is 0 Å². The molecule has 7 heteroatoms. The summed E-state index contributed by atoms with van der Waals surface area (Å²) in [5, 5.41) is 0. The van der Waals surface area contributed by atoms with Crippen LogP contribution in [0.2, 0.25) is 0 Å². The molecule has 1 atom stereocenters. The first-order valence-corrected chi connectivity index (χ1v) is 7.42. The number of alkyl halides is 2. The second-order valence-electron chi connectivity index (χ2n) is 5.08. The average molecular weight is 329 g/mol. The van der Waals surface area contributed by atoms with Crippen LogP contribution in [0.5, 0.6) is 5.75 Å². The van der Waals surface area contributed by atoms with Gasteiger partial charge in [0.05, 0.1) is 13.7 Å². The molecule has 0 radical (unpaired) electrons. The highest BCUT2D eigenvalue weighted by atomic mass is 35.5. The summed E-state index contributed by atoms with van der Waals surface area (Å²) >= 11 is 5.16. The maximum absolute atomic E-state index is 12.9. The highest BCUT2D eigenvalue weighted by molar-refractivity contribution is 6.29. The van der Waals surface area contributed by atoms with Crippen LogP contribution in [-0.4, -0.2) is 54.0 Å². The van der Waals surface area contributed by atoms with E-state index in [0.29, 0.717) is 26.1 Å². The summed E-state index contributed by atoms with van der Waals surface area (Å²) in [6, 6.07) is 7.43. The van der Waals surface area contributed by atoms with Crippen LogP contribution >= 0.6 is 11.6 Å². The number of amides is 2. The van der Waals surface area contributed by atoms with Gasteiger partial charge in [-0.3, -0.25) is 9.59 Å². The highest BCUT2D eigenvalue weighted by Crippen LogP contribution is 2.15. The fourth-order valence-corrected chi connectivity index (χ4v) is 2.50. The van der Waals surface area contributed by atoms with Crippen molar-refractivity contribution in [3.05, 3.63) is 29.8 Å². The first-order valence-electron chi connectivity index (χ1n) is 6.99. The number of hydrogen-bond donors (Lipinski definition) is 0. The van der Waals surface area contributed by atoms with Crippen molar-refractivity contribution in [3.8, 4) is 5.75 Å². The second-order valence-corrected chi connectivity index (χ2v) is 5.46. The molecule has 0 saturated carbocycles. The Morgan fingerprint density at radius 2 is 2.05 bits per heavy atom. The lowest BCUT2D eigenvalue weighted by Crippen LogP contribution is -2.41. The topological polar surface area (TPSA) is 49.9 Å². The number of methoxy groups -OCH3 is 1. The molecular formula is C15H18ClFN2O3. The van der Waals surface area contributed by atoms with Crippen LogP contribution in [-0.2, 0) is 16.1 Å². The summed E-state index contributed by atoms with van der Waals surface area (Å²) in [6.45, 7) is 1.16. The van der Waals surface area contributed by atoms with E-state index in [4.69, 9.17) is 16.3 Å². The minimum Gasteiger partial charge on any atom is -0.497 e. The molecule has 0 N–H and O–H groups in total. The van der Waals surface area contributed by atoms with Gasteiger partial charge in [-0.15, -0.1) is 0 Å². The van der Waals surface area contributed by atoms with E-state index >= 15 is 0 Å². The molecule has 1 aromatic carbocycles. The number of hydrogen-bond acceptors (Lipinski definition) is 3. The van der Waals surface area contributed by atoms with E-state index in [9.17, 15) is 14.0 Å². The van der Waals surface area contributed by atoms with Gasteiger partial charge in [0.25, 0.3) is 11.5 Å². The van der Waals surface area contributed by atoms with Gasteiger partial charge in [-0.25, -0.2) is 4.39 Å². The number of halogens is 2. The molecule has 0 spiro atoms. The number of rotatable bonds is 4. The zero-order valence-electron chi connectivity index (χ0n) is 12.3. The van der Waals surface area contributed by atoms with Gasteiger partial charge < -0.3 is 14.5 Å². The normalized spacial score (nSPS) is 17.1. The van der Waals surface area contributed by atoms with Crippen molar-refractivity contribution in [3.63, 3.8) is 0 Å². The van der Waals surface area contributed by atoms with E-state index < -0.39 is 11.5 Å². The Hall–Kier alpha value is -1.82. The molecule has 1 aliphatic rings. The fraction of sp³-hybridized carbons (Fsp3) is 0.467. The summed E-state index contributed by atoms with van der Waals surface area (Å²) in [5.41, 5.74) is -1.13. The second kappa shape index (κ2) is 7.45. The molecule has 2 rings (SSSR count). The Morgan fingerprint density at radius 1 is 1.36 bits per heavy atom. The lowest BCUT2D eigenvalue weighted by Gasteiger charge is -2.22. The van der Waals surface area contributed by atoms with E-state index in [-0.39, 0.29) is 12.5 Å².